The summed E-state index contributed by atoms with van der Waals surface area (Å²) in [6, 6.07) is 1.98. The number of hydrogen-bond acceptors (Lipinski definition) is 5. The second kappa shape index (κ2) is 7.40. The zero-order valence-electron chi connectivity index (χ0n) is 15.3. The van der Waals surface area contributed by atoms with Crippen LogP contribution in [0, 0.1) is 12.3 Å². The van der Waals surface area contributed by atoms with Crippen molar-refractivity contribution < 1.29 is 9.32 Å². The predicted molar refractivity (Wildman–Crippen MR) is 99.2 cm³/mol. The highest BCUT2D eigenvalue weighted by molar-refractivity contribution is 5.92. The zero-order valence-corrected chi connectivity index (χ0v) is 16.1. The van der Waals surface area contributed by atoms with E-state index in [2.05, 4.69) is 26.9 Å². The molecule has 1 aliphatic carbocycles. The minimum absolute atomic E-state index is 0. The van der Waals surface area contributed by atoms with Crippen LogP contribution in [0.25, 0.3) is 0 Å². The largest absolute Gasteiger partial charge is 0.351 e. The van der Waals surface area contributed by atoms with E-state index in [4.69, 9.17) is 4.52 Å². The number of aryl methyl sites for hydroxylation is 2. The Kier molecular flexibility index (Phi) is 5.39. The quantitative estimate of drug-likeness (QED) is 0.863. The Bertz CT molecular complexity index is 765. The Morgan fingerprint density at radius 1 is 1.46 bits per heavy atom. The molecule has 142 valence electrons. The minimum atomic E-state index is -0.0772. The standard InChI is InChI=1S/C18H25N5O2.ClH/c1-3-22-9-8-20-16(22)12-23(17(24)14-10-13(2)21-25-14)15-11-18(15)4-6-19-7-5-18;/h8-10,15,19H,3-7,11-12H2,1-2H3;1H. The molecule has 1 aliphatic heterocycles. The molecule has 2 aliphatic rings. The Balaban J connectivity index is 0.00000196. The van der Waals surface area contributed by atoms with Crippen LogP contribution in [0.1, 0.15) is 48.3 Å². The highest BCUT2D eigenvalue weighted by atomic mass is 35.5. The molecular weight excluding hydrogens is 354 g/mol. The van der Waals surface area contributed by atoms with Gasteiger partial charge in [-0.25, -0.2) is 4.98 Å². The number of nitrogens with zero attached hydrogens (tertiary/aromatic N) is 4. The van der Waals surface area contributed by atoms with Gasteiger partial charge >= 0.3 is 0 Å². The average molecular weight is 380 g/mol. The van der Waals surface area contributed by atoms with E-state index in [-0.39, 0.29) is 29.8 Å². The van der Waals surface area contributed by atoms with Crippen LogP contribution in [0.5, 0.6) is 0 Å². The molecule has 8 heteroatoms. The van der Waals surface area contributed by atoms with E-state index in [1.54, 1.807) is 12.3 Å². The molecule has 7 nitrogen and oxygen atoms in total. The van der Waals surface area contributed by atoms with E-state index >= 15 is 0 Å². The van der Waals surface area contributed by atoms with Crippen molar-refractivity contribution >= 4 is 18.3 Å². The predicted octanol–water partition coefficient (Wildman–Crippen LogP) is 2.41. The molecule has 1 unspecified atom stereocenters. The molecule has 1 atom stereocenters. The second-order valence-electron chi connectivity index (χ2n) is 7.23. The number of halogens is 1. The van der Waals surface area contributed by atoms with Crippen molar-refractivity contribution in [2.75, 3.05) is 13.1 Å². The van der Waals surface area contributed by atoms with Crippen molar-refractivity contribution in [3.8, 4) is 0 Å². The van der Waals surface area contributed by atoms with Gasteiger partial charge in [0.05, 0.1) is 12.2 Å². The lowest BCUT2D eigenvalue weighted by atomic mass is 9.93. The van der Waals surface area contributed by atoms with E-state index < -0.39 is 0 Å². The van der Waals surface area contributed by atoms with Gasteiger partial charge in [-0.05, 0) is 51.6 Å². The molecule has 1 N–H and O–H groups in total. The number of aromatic nitrogens is 3. The van der Waals surface area contributed by atoms with Crippen molar-refractivity contribution in [2.45, 2.75) is 52.2 Å². The number of carbonyl (C=O) groups is 1. The molecule has 1 amide bonds. The number of amides is 1. The molecule has 26 heavy (non-hydrogen) atoms. The molecule has 1 saturated carbocycles. The van der Waals surface area contributed by atoms with Crippen LogP contribution < -0.4 is 5.32 Å². The maximum atomic E-state index is 13.1. The molecular formula is C18H26ClN5O2. The van der Waals surface area contributed by atoms with E-state index in [0.29, 0.717) is 12.3 Å². The monoisotopic (exact) mass is 379 g/mol. The zero-order chi connectivity index (χ0) is 17.4. The Morgan fingerprint density at radius 3 is 2.88 bits per heavy atom. The van der Waals surface area contributed by atoms with Gasteiger partial charge in [0.25, 0.3) is 5.91 Å². The molecule has 2 aromatic rings. The fourth-order valence-corrected chi connectivity index (χ4v) is 4.09. The summed E-state index contributed by atoms with van der Waals surface area (Å²) in [5, 5.41) is 7.30. The third-order valence-corrected chi connectivity index (χ3v) is 5.68. The summed E-state index contributed by atoms with van der Waals surface area (Å²) < 4.78 is 7.34. The number of carbonyl (C=O) groups excluding carboxylic acids is 1. The van der Waals surface area contributed by atoms with Crippen LogP contribution in [0.3, 0.4) is 0 Å². The summed E-state index contributed by atoms with van der Waals surface area (Å²) in [7, 11) is 0. The topological polar surface area (TPSA) is 76.2 Å². The van der Waals surface area contributed by atoms with Crippen molar-refractivity contribution in [1.82, 2.24) is 24.9 Å². The van der Waals surface area contributed by atoms with Crippen LogP contribution in [-0.4, -0.2) is 44.6 Å². The highest BCUT2D eigenvalue weighted by Crippen LogP contribution is 2.56. The molecule has 1 spiro atoms. The lowest BCUT2D eigenvalue weighted by Crippen LogP contribution is -2.39. The molecule has 2 fully saturated rings. The molecule has 1 saturated heterocycles. The Hall–Kier alpha value is -1.86. The van der Waals surface area contributed by atoms with Gasteiger partial charge in [0.15, 0.2) is 0 Å². The average Bonchev–Trinajstić information content (AvgIpc) is 2.99. The summed E-state index contributed by atoms with van der Waals surface area (Å²) in [6.07, 6.45) is 7.08. The maximum absolute atomic E-state index is 13.1. The number of rotatable bonds is 5. The van der Waals surface area contributed by atoms with Gasteiger partial charge in [-0.15, -0.1) is 12.4 Å². The van der Waals surface area contributed by atoms with Crippen LogP contribution in [0.2, 0.25) is 0 Å². The summed E-state index contributed by atoms with van der Waals surface area (Å²) >= 11 is 0. The Morgan fingerprint density at radius 2 is 2.23 bits per heavy atom. The second-order valence-corrected chi connectivity index (χ2v) is 7.23. The third kappa shape index (κ3) is 3.38. The SMILES string of the molecule is CCn1ccnc1CN(C(=O)c1cc(C)no1)C1CC12CCNCC2.Cl. The molecule has 0 radical (unpaired) electrons. The van der Waals surface area contributed by atoms with Crippen LogP contribution in [0.15, 0.2) is 23.0 Å². The fourth-order valence-electron chi connectivity index (χ4n) is 4.09. The van der Waals surface area contributed by atoms with Crippen LogP contribution >= 0.6 is 12.4 Å². The summed E-state index contributed by atoms with van der Waals surface area (Å²) in [6.45, 7) is 7.34. The Labute approximate surface area is 159 Å². The summed E-state index contributed by atoms with van der Waals surface area (Å²) in [5.41, 5.74) is 0.991. The number of hydrogen-bond donors (Lipinski definition) is 1. The van der Waals surface area contributed by atoms with Crippen molar-refractivity contribution in [2.24, 2.45) is 5.41 Å². The van der Waals surface area contributed by atoms with Crippen molar-refractivity contribution in [3.05, 3.63) is 35.7 Å². The number of piperidine rings is 1. The smallest absolute Gasteiger partial charge is 0.293 e. The first-order valence-corrected chi connectivity index (χ1v) is 9.08. The van der Waals surface area contributed by atoms with Gasteiger partial charge in [0.2, 0.25) is 5.76 Å². The van der Waals surface area contributed by atoms with Gasteiger partial charge in [-0.1, -0.05) is 5.16 Å². The van der Waals surface area contributed by atoms with E-state index in [1.807, 2.05) is 18.0 Å². The third-order valence-electron chi connectivity index (χ3n) is 5.68. The summed E-state index contributed by atoms with van der Waals surface area (Å²) in [4.78, 5) is 19.6. The molecule has 0 bridgehead atoms. The van der Waals surface area contributed by atoms with E-state index in [1.165, 1.54) is 0 Å². The first kappa shape index (κ1) is 18.9. The van der Waals surface area contributed by atoms with Crippen LogP contribution in [-0.2, 0) is 13.1 Å². The van der Waals surface area contributed by atoms with Crippen molar-refractivity contribution in [3.63, 3.8) is 0 Å². The molecule has 2 aromatic heterocycles. The first-order chi connectivity index (χ1) is 12.1. The number of nitrogens with one attached hydrogen (secondary N) is 1. The van der Waals surface area contributed by atoms with Gasteiger partial charge in [-0.3, -0.25) is 4.79 Å². The van der Waals surface area contributed by atoms with Gasteiger partial charge < -0.3 is 19.3 Å². The van der Waals surface area contributed by atoms with E-state index in [0.717, 1.165) is 50.4 Å². The lowest BCUT2D eigenvalue weighted by Gasteiger charge is -2.29. The molecule has 0 aromatic carbocycles. The first-order valence-electron chi connectivity index (χ1n) is 9.08. The molecule has 4 rings (SSSR count). The fraction of sp³-hybridized carbons (Fsp3) is 0.611. The highest BCUT2D eigenvalue weighted by Gasteiger charge is 2.58. The van der Waals surface area contributed by atoms with Gasteiger partial charge in [-0.2, -0.15) is 0 Å². The normalized spacial score (nSPS) is 20.6. The number of imidazole rings is 1. The summed E-state index contributed by atoms with van der Waals surface area (Å²) in [5.74, 6) is 1.16. The van der Waals surface area contributed by atoms with E-state index in [9.17, 15) is 4.79 Å². The van der Waals surface area contributed by atoms with Crippen LogP contribution in [0.4, 0.5) is 0 Å². The van der Waals surface area contributed by atoms with Gasteiger partial charge in [0, 0.05) is 31.0 Å². The van der Waals surface area contributed by atoms with Crippen molar-refractivity contribution in [1.29, 1.82) is 0 Å². The minimum Gasteiger partial charge on any atom is -0.351 e. The maximum Gasteiger partial charge on any atom is 0.293 e. The van der Waals surface area contributed by atoms with Gasteiger partial charge in [0.1, 0.15) is 5.82 Å². The molecule has 3 heterocycles. The lowest BCUT2D eigenvalue weighted by molar-refractivity contribution is 0.0642.